The van der Waals surface area contributed by atoms with Gasteiger partial charge in [-0.25, -0.2) is 0 Å². The van der Waals surface area contributed by atoms with Crippen molar-refractivity contribution in [3.63, 3.8) is 0 Å². The third-order valence-electron chi connectivity index (χ3n) is 5.15. The van der Waals surface area contributed by atoms with Crippen LogP contribution in [0.1, 0.15) is 37.9 Å². The van der Waals surface area contributed by atoms with E-state index in [1.165, 1.54) is 12.0 Å². The number of nitrogens with zero attached hydrogens (tertiary/aromatic N) is 1. The Bertz CT molecular complexity index is 1050. The number of hydrogen-bond acceptors (Lipinski definition) is 6. The zero-order valence-electron chi connectivity index (χ0n) is 19.1. The first kappa shape index (κ1) is 24.6. The topological polar surface area (TPSA) is 85.3 Å². The highest BCUT2D eigenvalue weighted by molar-refractivity contribution is 6.47. The molecule has 0 bridgehead atoms. The quantitative estimate of drug-likeness (QED) is 0.325. The molecule has 1 unspecified atom stereocenters. The third-order valence-corrected chi connectivity index (χ3v) is 5.48. The van der Waals surface area contributed by atoms with Crippen LogP contribution in [0.2, 0.25) is 5.02 Å². The van der Waals surface area contributed by atoms with E-state index in [-0.39, 0.29) is 41.2 Å². The van der Waals surface area contributed by atoms with Gasteiger partial charge < -0.3 is 24.2 Å². The largest absolute Gasteiger partial charge is 0.507 e. The number of carbonyl (C=O) groups excluding carboxylic acids is 2. The van der Waals surface area contributed by atoms with Gasteiger partial charge >= 0.3 is 0 Å². The van der Waals surface area contributed by atoms with Crippen molar-refractivity contribution in [3.8, 4) is 11.5 Å². The molecule has 0 spiro atoms. The number of benzene rings is 2. The molecule has 1 saturated heterocycles. The summed E-state index contributed by atoms with van der Waals surface area (Å²) >= 11 is 6.34. The Morgan fingerprint density at radius 1 is 1.12 bits per heavy atom. The summed E-state index contributed by atoms with van der Waals surface area (Å²) in [5.41, 5.74) is 0.835. The van der Waals surface area contributed by atoms with Crippen molar-refractivity contribution < 1.29 is 28.9 Å². The molecule has 7 nitrogen and oxygen atoms in total. The summed E-state index contributed by atoms with van der Waals surface area (Å²) < 4.78 is 16.3. The number of amides is 1. The van der Waals surface area contributed by atoms with Crippen LogP contribution in [-0.2, 0) is 14.3 Å². The van der Waals surface area contributed by atoms with Gasteiger partial charge in [-0.2, -0.15) is 0 Å². The molecule has 1 atom stereocenters. The Morgan fingerprint density at radius 2 is 1.79 bits per heavy atom. The van der Waals surface area contributed by atoms with Gasteiger partial charge in [0.15, 0.2) is 0 Å². The maximum Gasteiger partial charge on any atom is 0.295 e. The molecular formula is C25H28ClNO6. The predicted molar refractivity (Wildman–Crippen MR) is 126 cm³/mol. The first-order valence-electron chi connectivity index (χ1n) is 10.7. The molecule has 0 radical (unpaired) electrons. The van der Waals surface area contributed by atoms with Gasteiger partial charge in [-0.05, 0) is 56.7 Å². The highest BCUT2D eigenvalue weighted by atomic mass is 35.5. The second kappa shape index (κ2) is 10.7. The van der Waals surface area contributed by atoms with E-state index in [0.29, 0.717) is 23.7 Å². The molecule has 1 amide bonds. The van der Waals surface area contributed by atoms with Gasteiger partial charge in [-0.15, -0.1) is 0 Å². The molecule has 8 heteroatoms. The van der Waals surface area contributed by atoms with Crippen molar-refractivity contribution in [2.45, 2.75) is 32.9 Å². The number of ketones is 1. The first-order chi connectivity index (χ1) is 15.8. The predicted octanol–water partition coefficient (Wildman–Crippen LogP) is 4.59. The van der Waals surface area contributed by atoms with Gasteiger partial charge in [0.05, 0.1) is 36.0 Å². The van der Waals surface area contributed by atoms with Gasteiger partial charge in [0.1, 0.15) is 17.3 Å². The molecule has 0 aliphatic carbocycles. The maximum absolute atomic E-state index is 13.1. The fraction of sp³-hybridized carbons (Fsp3) is 0.360. The molecule has 2 aromatic rings. The Kier molecular flexibility index (Phi) is 8.00. The molecule has 176 valence electrons. The molecule has 1 N–H and O–H groups in total. The van der Waals surface area contributed by atoms with Crippen molar-refractivity contribution in [1.29, 1.82) is 0 Å². The fourth-order valence-electron chi connectivity index (χ4n) is 3.74. The van der Waals surface area contributed by atoms with E-state index in [9.17, 15) is 14.7 Å². The highest BCUT2D eigenvalue weighted by Crippen LogP contribution is 2.41. The van der Waals surface area contributed by atoms with Crippen LogP contribution in [0, 0.1) is 0 Å². The Balaban J connectivity index is 2.13. The molecular weight excluding hydrogens is 446 g/mol. The lowest BCUT2D eigenvalue weighted by Gasteiger charge is -2.25. The Morgan fingerprint density at radius 3 is 2.39 bits per heavy atom. The lowest BCUT2D eigenvalue weighted by atomic mass is 9.95. The number of carbonyl (C=O) groups is 2. The molecule has 3 rings (SSSR count). The lowest BCUT2D eigenvalue weighted by Crippen LogP contribution is -2.32. The average molecular weight is 474 g/mol. The molecule has 1 heterocycles. The Hall–Kier alpha value is -3.03. The van der Waals surface area contributed by atoms with Crippen LogP contribution in [0.5, 0.6) is 11.5 Å². The van der Waals surface area contributed by atoms with Gasteiger partial charge in [-0.3, -0.25) is 9.59 Å². The molecule has 1 aliphatic rings. The number of ether oxygens (including phenoxy) is 3. The average Bonchev–Trinajstić information content (AvgIpc) is 3.03. The smallest absolute Gasteiger partial charge is 0.295 e. The van der Waals surface area contributed by atoms with Crippen LogP contribution in [0.25, 0.3) is 5.76 Å². The van der Waals surface area contributed by atoms with Crippen molar-refractivity contribution in [1.82, 2.24) is 4.90 Å². The minimum Gasteiger partial charge on any atom is -0.507 e. The minimum atomic E-state index is -0.805. The lowest BCUT2D eigenvalue weighted by molar-refractivity contribution is -0.140. The summed E-state index contributed by atoms with van der Waals surface area (Å²) in [6, 6.07) is 11.1. The van der Waals surface area contributed by atoms with Crippen LogP contribution in [0.3, 0.4) is 0 Å². The fourth-order valence-corrected chi connectivity index (χ4v) is 3.94. The normalized spacial score (nSPS) is 17.6. The molecule has 1 fully saturated rings. The number of hydrogen-bond donors (Lipinski definition) is 1. The van der Waals surface area contributed by atoms with Crippen LogP contribution >= 0.6 is 11.6 Å². The molecule has 1 aliphatic heterocycles. The van der Waals surface area contributed by atoms with E-state index in [1.54, 1.807) is 42.5 Å². The van der Waals surface area contributed by atoms with E-state index in [0.717, 1.165) is 0 Å². The van der Waals surface area contributed by atoms with E-state index in [2.05, 4.69) is 0 Å². The molecule has 0 saturated carbocycles. The van der Waals surface area contributed by atoms with Gasteiger partial charge in [0, 0.05) is 19.2 Å². The monoisotopic (exact) mass is 473 g/mol. The first-order valence-corrected chi connectivity index (χ1v) is 11.1. The van der Waals surface area contributed by atoms with Crippen molar-refractivity contribution in [3.05, 3.63) is 64.2 Å². The number of Topliss-reactive ketones (excluding diaryl/α,β-unsaturated/α-hetero) is 1. The van der Waals surface area contributed by atoms with Crippen LogP contribution in [-0.4, -0.2) is 54.7 Å². The van der Waals surface area contributed by atoms with Crippen LogP contribution in [0.15, 0.2) is 48.0 Å². The number of rotatable bonds is 9. The summed E-state index contributed by atoms with van der Waals surface area (Å²) in [5, 5.41) is 11.4. The number of aliphatic hydroxyl groups excluding tert-OH is 1. The van der Waals surface area contributed by atoms with Gasteiger partial charge in [-0.1, -0.05) is 23.7 Å². The number of aliphatic hydroxyl groups is 1. The van der Waals surface area contributed by atoms with Gasteiger partial charge in [0.2, 0.25) is 0 Å². The van der Waals surface area contributed by atoms with E-state index in [4.69, 9.17) is 25.8 Å². The molecule has 33 heavy (non-hydrogen) atoms. The highest BCUT2D eigenvalue weighted by Gasteiger charge is 2.46. The second-order valence-corrected chi connectivity index (χ2v) is 8.20. The summed E-state index contributed by atoms with van der Waals surface area (Å²) in [7, 11) is 1.52. The maximum atomic E-state index is 13.1. The standard InChI is InChI=1S/C25H28ClNO6/c1-5-32-18-10-11-20(26)19(14-18)23(28)21-22(27(12-13-31-4)25(30)24(21)29)16-6-8-17(9-7-16)33-15(2)3/h6-11,14-15,22,28H,5,12-13H2,1-4H3/b23-21+. The van der Waals surface area contributed by atoms with Crippen LogP contribution in [0.4, 0.5) is 0 Å². The number of methoxy groups -OCH3 is 1. The summed E-state index contributed by atoms with van der Waals surface area (Å²) in [6.07, 6.45) is 0.00273. The summed E-state index contributed by atoms with van der Waals surface area (Å²) in [6.45, 7) is 6.52. The molecule has 2 aromatic carbocycles. The third kappa shape index (κ3) is 5.31. The SMILES string of the molecule is CCOc1ccc(Cl)c(/C(O)=C2\C(=O)C(=O)N(CCOC)C2c2ccc(OC(C)C)cc2)c1. The second-order valence-electron chi connectivity index (χ2n) is 7.80. The number of halogens is 1. The zero-order valence-corrected chi connectivity index (χ0v) is 19.9. The van der Waals surface area contributed by atoms with E-state index < -0.39 is 17.7 Å². The van der Waals surface area contributed by atoms with Crippen molar-refractivity contribution in [2.75, 3.05) is 26.9 Å². The zero-order chi connectivity index (χ0) is 24.1. The molecule has 0 aromatic heterocycles. The van der Waals surface area contributed by atoms with E-state index in [1.807, 2.05) is 20.8 Å². The van der Waals surface area contributed by atoms with E-state index >= 15 is 0 Å². The van der Waals surface area contributed by atoms with Gasteiger partial charge in [0.25, 0.3) is 11.7 Å². The van der Waals surface area contributed by atoms with Crippen LogP contribution < -0.4 is 9.47 Å². The Labute approximate surface area is 198 Å². The summed E-state index contributed by atoms with van der Waals surface area (Å²) in [4.78, 5) is 27.4. The van der Waals surface area contributed by atoms with Crippen molar-refractivity contribution >= 4 is 29.1 Å². The minimum absolute atomic E-state index is 0.00273. The number of likely N-dealkylation sites (tertiary alicyclic amines) is 1. The summed E-state index contributed by atoms with van der Waals surface area (Å²) in [5.74, 6) is -0.696. The van der Waals surface area contributed by atoms with Crippen molar-refractivity contribution in [2.24, 2.45) is 0 Å².